The molecule has 1 atom stereocenters. The first-order valence-corrected chi connectivity index (χ1v) is 8.98. The number of hydrogen-bond acceptors (Lipinski definition) is 3. The molecule has 0 saturated carbocycles. The predicted molar refractivity (Wildman–Crippen MR) is 97.1 cm³/mol. The monoisotopic (exact) mass is 334 g/mol. The normalized spacial score (nSPS) is 16.0. The highest BCUT2D eigenvalue weighted by Crippen LogP contribution is 2.35. The van der Waals surface area contributed by atoms with Crippen LogP contribution >= 0.6 is 11.3 Å². The summed E-state index contributed by atoms with van der Waals surface area (Å²) in [7, 11) is 1.89. The smallest absolute Gasteiger partial charge is 0.273 e. The van der Waals surface area contributed by atoms with Crippen LogP contribution in [0.3, 0.4) is 0 Å². The summed E-state index contributed by atoms with van der Waals surface area (Å²) >= 11 is 1.52. The number of carbonyl (C=O) groups is 1. The summed E-state index contributed by atoms with van der Waals surface area (Å²) in [6.07, 6.45) is 2.02. The molecule has 1 amide bonds. The van der Waals surface area contributed by atoms with Crippen molar-refractivity contribution < 1.29 is 4.79 Å². The van der Waals surface area contributed by atoms with Gasteiger partial charge in [0.05, 0.1) is 6.04 Å². The van der Waals surface area contributed by atoms with Crippen LogP contribution in [0.15, 0.2) is 60.0 Å². The van der Waals surface area contributed by atoms with Crippen LogP contribution in [0, 0.1) is 0 Å². The lowest BCUT2D eigenvalue weighted by atomic mass is 10.1. The second-order valence-electron chi connectivity index (χ2n) is 6.07. The summed E-state index contributed by atoms with van der Waals surface area (Å²) in [5, 5.41) is 2.75. The second kappa shape index (κ2) is 6.21. The van der Waals surface area contributed by atoms with Gasteiger partial charge >= 0.3 is 0 Å². The Hall–Kier alpha value is -2.46. The van der Waals surface area contributed by atoms with Gasteiger partial charge in [-0.05, 0) is 24.0 Å². The van der Waals surface area contributed by atoms with E-state index in [-0.39, 0.29) is 11.9 Å². The van der Waals surface area contributed by atoms with Crippen LogP contribution in [-0.2, 0) is 6.42 Å². The van der Waals surface area contributed by atoms with Gasteiger partial charge < -0.3 is 4.90 Å². The van der Waals surface area contributed by atoms with Crippen molar-refractivity contribution in [2.75, 3.05) is 7.05 Å². The van der Waals surface area contributed by atoms with Crippen LogP contribution in [0.5, 0.6) is 0 Å². The number of nitrogens with zero attached hydrogens (tertiary/aromatic N) is 2. The molecule has 0 fully saturated rings. The third-order valence-electron chi connectivity index (χ3n) is 4.63. The number of rotatable bonds is 3. The molecule has 1 aliphatic rings. The van der Waals surface area contributed by atoms with E-state index in [4.69, 9.17) is 0 Å². The number of fused-ring (bicyclic) bond motifs is 1. The summed E-state index contributed by atoms with van der Waals surface area (Å²) in [6, 6.07) is 18.5. The molecule has 120 valence electrons. The summed E-state index contributed by atoms with van der Waals surface area (Å²) < 4.78 is 0. The summed E-state index contributed by atoms with van der Waals surface area (Å²) in [4.78, 5) is 19.3. The minimum atomic E-state index is -0.00451. The average Bonchev–Trinajstić information content (AvgIpc) is 3.28. The molecule has 4 heteroatoms. The van der Waals surface area contributed by atoms with E-state index in [2.05, 4.69) is 23.2 Å². The molecule has 2 aromatic carbocycles. The van der Waals surface area contributed by atoms with Gasteiger partial charge in [0.25, 0.3) is 5.91 Å². The average molecular weight is 334 g/mol. The molecule has 0 aliphatic heterocycles. The highest BCUT2D eigenvalue weighted by molar-refractivity contribution is 7.13. The predicted octanol–water partition coefficient (Wildman–Crippen LogP) is 4.57. The van der Waals surface area contributed by atoms with Gasteiger partial charge in [0.15, 0.2) is 0 Å². The maximum Gasteiger partial charge on any atom is 0.273 e. The fraction of sp³-hybridized carbons (Fsp3) is 0.200. The molecule has 0 saturated heterocycles. The molecule has 1 heterocycles. The van der Waals surface area contributed by atoms with E-state index in [9.17, 15) is 4.79 Å². The molecule has 4 rings (SSSR count). The molecule has 24 heavy (non-hydrogen) atoms. The Morgan fingerprint density at radius 3 is 2.71 bits per heavy atom. The van der Waals surface area contributed by atoms with Crippen molar-refractivity contribution in [3.05, 3.63) is 76.8 Å². The first kappa shape index (κ1) is 15.1. The van der Waals surface area contributed by atoms with Crippen LogP contribution in [0.1, 0.15) is 34.1 Å². The molecule has 1 unspecified atom stereocenters. The lowest BCUT2D eigenvalue weighted by Crippen LogP contribution is -2.30. The van der Waals surface area contributed by atoms with Gasteiger partial charge in [0.1, 0.15) is 10.7 Å². The van der Waals surface area contributed by atoms with Gasteiger partial charge in [-0.1, -0.05) is 54.6 Å². The molecule has 0 bridgehead atoms. The van der Waals surface area contributed by atoms with E-state index in [0.717, 1.165) is 23.4 Å². The molecule has 3 nitrogen and oxygen atoms in total. The molecule has 1 aliphatic carbocycles. The van der Waals surface area contributed by atoms with Gasteiger partial charge in [-0.3, -0.25) is 4.79 Å². The topological polar surface area (TPSA) is 33.2 Å². The second-order valence-corrected chi connectivity index (χ2v) is 6.93. The Labute approximate surface area is 145 Å². The fourth-order valence-electron chi connectivity index (χ4n) is 3.34. The molecule has 0 radical (unpaired) electrons. The lowest BCUT2D eigenvalue weighted by Gasteiger charge is -2.24. The number of carbonyl (C=O) groups excluding carboxylic acids is 1. The van der Waals surface area contributed by atoms with Crippen LogP contribution in [0.2, 0.25) is 0 Å². The number of benzene rings is 2. The van der Waals surface area contributed by atoms with Crippen LogP contribution in [-0.4, -0.2) is 22.8 Å². The van der Waals surface area contributed by atoms with Gasteiger partial charge in [0, 0.05) is 18.0 Å². The Balaban J connectivity index is 1.57. The maximum absolute atomic E-state index is 12.9. The standard InChI is InChI=1S/C20H18N2OS/c1-22(18-12-11-14-7-5-6-10-16(14)18)20(23)17-13-24-19(21-17)15-8-3-2-4-9-15/h2-10,13,18H,11-12H2,1H3. The zero-order chi connectivity index (χ0) is 16.5. The van der Waals surface area contributed by atoms with E-state index >= 15 is 0 Å². The molecule has 0 N–H and O–H groups in total. The first-order chi connectivity index (χ1) is 11.7. The highest BCUT2D eigenvalue weighted by Gasteiger charge is 2.29. The largest absolute Gasteiger partial charge is 0.333 e. The van der Waals surface area contributed by atoms with Crippen molar-refractivity contribution in [1.82, 2.24) is 9.88 Å². The number of hydrogen-bond donors (Lipinski definition) is 0. The zero-order valence-corrected chi connectivity index (χ0v) is 14.3. The van der Waals surface area contributed by atoms with Crippen molar-refractivity contribution in [3.63, 3.8) is 0 Å². The third-order valence-corrected chi connectivity index (χ3v) is 5.52. The van der Waals surface area contributed by atoms with E-state index in [1.807, 2.05) is 53.7 Å². The lowest BCUT2D eigenvalue weighted by molar-refractivity contribution is 0.0725. The Kier molecular flexibility index (Phi) is 3.90. The van der Waals surface area contributed by atoms with Crippen molar-refractivity contribution in [2.24, 2.45) is 0 Å². The van der Waals surface area contributed by atoms with E-state index in [0.29, 0.717) is 5.69 Å². The van der Waals surface area contributed by atoms with E-state index < -0.39 is 0 Å². The number of thiazole rings is 1. The number of aryl methyl sites for hydroxylation is 1. The Bertz CT molecular complexity index is 872. The first-order valence-electron chi connectivity index (χ1n) is 8.10. The van der Waals surface area contributed by atoms with E-state index in [1.54, 1.807) is 0 Å². The fourth-order valence-corrected chi connectivity index (χ4v) is 4.14. The summed E-state index contributed by atoms with van der Waals surface area (Å²) in [5.74, 6) is -0.00451. The molecular formula is C20H18N2OS. The van der Waals surface area contributed by atoms with Crippen molar-refractivity contribution in [2.45, 2.75) is 18.9 Å². The van der Waals surface area contributed by atoms with Crippen LogP contribution in [0.25, 0.3) is 10.6 Å². The van der Waals surface area contributed by atoms with Gasteiger partial charge in [0.2, 0.25) is 0 Å². The minimum absolute atomic E-state index is 0.00451. The molecule has 1 aromatic heterocycles. The molecular weight excluding hydrogens is 316 g/mol. The minimum Gasteiger partial charge on any atom is -0.333 e. The van der Waals surface area contributed by atoms with Crippen molar-refractivity contribution in [1.29, 1.82) is 0 Å². The Morgan fingerprint density at radius 1 is 1.12 bits per heavy atom. The van der Waals surface area contributed by atoms with Gasteiger partial charge in [-0.2, -0.15) is 0 Å². The van der Waals surface area contributed by atoms with Gasteiger partial charge in [-0.25, -0.2) is 4.98 Å². The SMILES string of the molecule is CN(C(=O)c1csc(-c2ccccc2)n1)C1CCc2ccccc21. The summed E-state index contributed by atoms with van der Waals surface area (Å²) in [6.45, 7) is 0. The van der Waals surface area contributed by atoms with Crippen LogP contribution < -0.4 is 0 Å². The third kappa shape index (κ3) is 2.63. The zero-order valence-electron chi connectivity index (χ0n) is 13.5. The maximum atomic E-state index is 12.9. The van der Waals surface area contributed by atoms with Crippen molar-refractivity contribution in [3.8, 4) is 10.6 Å². The van der Waals surface area contributed by atoms with Gasteiger partial charge in [-0.15, -0.1) is 11.3 Å². The molecule has 3 aromatic rings. The molecule has 0 spiro atoms. The quantitative estimate of drug-likeness (QED) is 0.703. The number of amides is 1. The van der Waals surface area contributed by atoms with Crippen LogP contribution in [0.4, 0.5) is 0 Å². The highest BCUT2D eigenvalue weighted by atomic mass is 32.1. The summed E-state index contributed by atoms with van der Waals surface area (Å²) in [5.41, 5.74) is 4.21. The Morgan fingerprint density at radius 2 is 1.88 bits per heavy atom. The van der Waals surface area contributed by atoms with Crippen molar-refractivity contribution >= 4 is 17.2 Å². The number of aromatic nitrogens is 1. The van der Waals surface area contributed by atoms with E-state index in [1.165, 1.54) is 22.5 Å².